The first-order chi connectivity index (χ1) is 7.81. The van der Waals surface area contributed by atoms with Crippen molar-refractivity contribution in [3.63, 3.8) is 0 Å². The van der Waals surface area contributed by atoms with E-state index in [0.29, 0.717) is 0 Å². The molecule has 0 aliphatic carbocycles. The van der Waals surface area contributed by atoms with E-state index in [1.165, 1.54) is 23.7 Å². The molecule has 2 nitrogen and oxygen atoms in total. The van der Waals surface area contributed by atoms with Gasteiger partial charge in [0.05, 0.1) is 0 Å². The van der Waals surface area contributed by atoms with Gasteiger partial charge in [-0.25, -0.2) is 0 Å². The van der Waals surface area contributed by atoms with E-state index >= 15 is 0 Å². The largest absolute Gasteiger partial charge is 0.347 e. The van der Waals surface area contributed by atoms with Crippen LogP contribution in [0.1, 0.15) is 12.8 Å². The van der Waals surface area contributed by atoms with Crippen molar-refractivity contribution in [1.82, 2.24) is 9.88 Å². The molecule has 0 aliphatic rings. The van der Waals surface area contributed by atoms with Crippen molar-refractivity contribution in [2.45, 2.75) is 19.4 Å². The third-order valence-corrected chi connectivity index (χ3v) is 3.04. The summed E-state index contributed by atoms with van der Waals surface area (Å²) in [7, 11) is 1.99. The fourth-order valence-corrected chi connectivity index (χ4v) is 2.13. The van der Waals surface area contributed by atoms with Crippen LogP contribution in [-0.2, 0) is 6.54 Å². The first-order valence-electron chi connectivity index (χ1n) is 5.70. The lowest BCUT2D eigenvalue weighted by atomic mass is 10.2. The number of aryl methyl sites for hydroxylation is 1. The number of nitrogens with one attached hydrogen (secondary N) is 1. The molecular formula is C13H17ClN2. The Labute approximate surface area is 101 Å². The van der Waals surface area contributed by atoms with Crippen molar-refractivity contribution < 1.29 is 0 Å². The number of unbranched alkanes of at least 4 members (excludes halogenated alkanes) is 1. The van der Waals surface area contributed by atoms with Gasteiger partial charge in [0.2, 0.25) is 0 Å². The van der Waals surface area contributed by atoms with Crippen molar-refractivity contribution in [2.75, 3.05) is 13.6 Å². The molecule has 1 aromatic carbocycles. The van der Waals surface area contributed by atoms with Crippen molar-refractivity contribution in [1.29, 1.82) is 0 Å². The van der Waals surface area contributed by atoms with E-state index in [9.17, 15) is 0 Å². The van der Waals surface area contributed by atoms with Gasteiger partial charge in [0.15, 0.2) is 0 Å². The summed E-state index contributed by atoms with van der Waals surface area (Å²) in [6.45, 7) is 2.16. The van der Waals surface area contributed by atoms with Gasteiger partial charge in [-0.05, 0) is 50.7 Å². The molecule has 16 heavy (non-hydrogen) atoms. The monoisotopic (exact) mass is 236 g/mol. The minimum absolute atomic E-state index is 0.806. The molecule has 1 N–H and O–H groups in total. The van der Waals surface area contributed by atoms with Crippen molar-refractivity contribution in [3.05, 3.63) is 35.5 Å². The van der Waals surface area contributed by atoms with Gasteiger partial charge in [-0.2, -0.15) is 0 Å². The molecule has 1 aromatic heterocycles. The lowest BCUT2D eigenvalue weighted by Crippen LogP contribution is -2.08. The number of benzene rings is 1. The van der Waals surface area contributed by atoms with Crippen LogP contribution in [0.15, 0.2) is 30.5 Å². The molecule has 0 atom stereocenters. The van der Waals surface area contributed by atoms with Gasteiger partial charge in [0, 0.05) is 28.7 Å². The fraction of sp³-hybridized carbons (Fsp3) is 0.385. The zero-order valence-corrected chi connectivity index (χ0v) is 10.3. The van der Waals surface area contributed by atoms with E-state index in [0.717, 1.165) is 18.1 Å². The average molecular weight is 237 g/mol. The molecular weight excluding hydrogens is 220 g/mol. The minimum Gasteiger partial charge on any atom is -0.347 e. The SMILES string of the molecule is CNCCCCn1ccc2cc(Cl)ccc21. The summed E-state index contributed by atoms with van der Waals surface area (Å²) < 4.78 is 2.29. The highest BCUT2D eigenvalue weighted by molar-refractivity contribution is 6.31. The molecule has 86 valence electrons. The molecule has 2 rings (SSSR count). The van der Waals surface area contributed by atoms with Crippen LogP contribution in [-0.4, -0.2) is 18.2 Å². The van der Waals surface area contributed by atoms with Crippen molar-refractivity contribution >= 4 is 22.5 Å². The summed E-state index contributed by atoms with van der Waals surface area (Å²) >= 11 is 5.96. The average Bonchev–Trinajstić information content (AvgIpc) is 2.67. The predicted octanol–water partition coefficient (Wildman–Crippen LogP) is 3.29. The molecule has 0 amide bonds. The third kappa shape index (κ3) is 2.57. The molecule has 0 fully saturated rings. The second-order valence-electron chi connectivity index (χ2n) is 4.02. The van der Waals surface area contributed by atoms with Crippen molar-refractivity contribution in [3.8, 4) is 0 Å². The van der Waals surface area contributed by atoms with Crippen LogP contribution in [0, 0.1) is 0 Å². The van der Waals surface area contributed by atoms with E-state index in [-0.39, 0.29) is 0 Å². The van der Waals surface area contributed by atoms with E-state index in [4.69, 9.17) is 11.6 Å². The Hall–Kier alpha value is -0.990. The highest BCUT2D eigenvalue weighted by Crippen LogP contribution is 2.20. The Morgan fingerprint density at radius 1 is 1.25 bits per heavy atom. The van der Waals surface area contributed by atoms with E-state index < -0.39 is 0 Å². The number of halogens is 1. The minimum atomic E-state index is 0.806. The molecule has 0 spiro atoms. The maximum atomic E-state index is 5.96. The maximum absolute atomic E-state index is 5.96. The van der Waals surface area contributed by atoms with Crippen LogP contribution in [0.25, 0.3) is 10.9 Å². The number of hydrogen-bond donors (Lipinski definition) is 1. The van der Waals surface area contributed by atoms with Gasteiger partial charge in [-0.1, -0.05) is 11.6 Å². The van der Waals surface area contributed by atoms with Gasteiger partial charge < -0.3 is 9.88 Å². The molecule has 2 aromatic rings. The van der Waals surface area contributed by atoms with E-state index in [1.807, 2.05) is 19.2 Å². The molecule has 1 heterocycles. The lowest BCUT2D eigenvalue weighted by molar-refractivity contribution is 0.603. The molecule has 0 saturated heterocycles. The Balaban J connectivity index is 2.07. The molecule has 0 aliphatic heterocycles. The van der Waals surface area contributed by atoms with Gasteiger partial charge in [0.25, 0.3) is 0 Å². The topological polar surface area (TPSA) is 17.0 Å². The highest BCUT2D eigenvalue weighted by Gasteiger charge is 2.00. The van der Waals surface area contributed by atoms with E-state index in [1.54, 1.807) is 0 Å². The van der Waals surface area contributed by atoms with Gasteiger partial charge >= 0.3 is 0 Å². The number of aromatic nitrogens is 1. The second-order valence-corrected chi connectivity index (χ2v) is 4.46. The summed E-state index contributed by atoms with van der Waals surface area (Å²) in [6, 6.07) is 8.18. The molecule has 3 heteroatoms. The molecule has 0 unspecified atom stereocenters. The number of nitrogens with zero attached hydrogens (tertiary/aromatic N) is 1. The quantitative estimate of drug-likeness (QED) is 0.789. The third-order valence-electron chi connectivity index (χ3n) is 2.81. The normalized spacial score (nSPS) is 11.1. The maximum Gasteiger partial charge on any atom is 0.0481 e. The zero-order chi connectivity index (χ0) is 11.4. The number of rotatable bonds is 5. The van der Waals surface area contributed by atoms with Crippen LogP contribution in [0.4, 0.5) is 0 Å². The Morgan fingerprint density at radius 3 is 2.94 bits per heavy atom. The number of fused-ring (bicyclic) bond motifs is 1. The molecule has 0 saturated carbocycles. The van der Waals surface area contributed by atoms with Gasteiger partial charge in [0.1, 0.15) is 0 Å². The van der Waals surface area contributed by atoms with Crippen LogP contribution in [0.3, 0.4) is 0 Å². The van der Waals surface area contributed by atoms with Crippen molar-refractivity contribution in [2.24, 2.45) is 0 Å². The smallest absolute Gasteiger partial charge is 0.0481 e. The summed E-state index contributed by atoms with van der Waals surface area (Å²) in [5.74, 6) is 0. The first-order valence-corrected chi connectivity index (χ1v) is 6.08. The van der Waals surface area contributed by atoms with Gasteiger partial charge in [-0.3, -0.25) is 0 Å². The summed E-state index contributed by atoms with van der Waals surface area (Å²) in [5, 5.41) is 5.19. The van der Waals surface area contributed by atoms with Crippen LogP contribution in [0.2, 0.25) is 5.02 Å². The molecule has 0 bridgehead atoms. The summed E-state index contributed by atoms with van der Waals surface area (Å²) in [4.78, 5) is 0. The summed E-state index contributed by atoms with van der Waals surface area (Å²) in [6.07, 6.45) is 4.55. The predicted molar refractivity (Wildman–Crippen MR) is 70.1 cm³/mol. The molecule has 0 radical (unpaired) electrons. The first kappa shape index (κ1) is 11.5. The van der Waals surface area contributed by atoms with E-state index in [2.05, 4.69) is 28.2 Å². The highest BCUT2D eigenvalue weighted by atomic mass is 35.5. The number of hydrogen-bond acceptors (Lipinski definition) is 1. The Kier molecular flexibility index (Phi) is 3.86. The Bertz CT molecular complexity index is 462. The summed E-state index contributed by atoms with van der Waals surface area (Å²) in [5.41, 5.74) is 1.27. The fourth-order valence-electron chi connectivity index (χ4n) is 1.95. The standard InChI is InChI=1S/C13H17ClN2/c1-15-7-2-3-8-16-9-6-11-10-12(14)4-5-13(11)16/h4-6,9-10,15H,2-3,7-8H2,1H3. The lowest BCUT2D eigenvalue weighted by Gasteiger charge is -2.05. The van der Waals surface area contributed by atoms with Crippen LogP contribution >= 0.6 is 11.6 Å². The van der Waals surface area contributed by atoms with Crippen LogP contribution in [0.5, 0.6) is 0 Å². The van der Waals surface area contributed by atoms with Crippen LogP contribution < -0.4 is 5.32 Å². The van der Waals surface area contributed by atoms with Gasteiger partial charge in [-0.15, -0.1) is 0 Å². The second kappa shape index (κ2) is 5.37. The Morgan fingerprint density at radius 2 is 2.12 bits per heavy atom. The zero-order valence-electron chi connectivity index (χ0n) is 9.54.